The molecular weight excluding hydrogens is 138 g/mol. The van der Waals surface area contributed by atoms with Crippen LogP contribution in [0.4, 0.5) is 4.79 Å². The lowest BCUT2D eigenvalue weighted by molar-refractivity contribution is 0.159. The molecule has 0 aliphatic carbocycles. The van der Waals surface area contributed by atoms with E-state index in [4.69, 9.17) is 10.9 Å². The lowest BCUT2D eigenvalue weighted by Gasteiger charge is -1.98. The van der Waals surface area contributed by atoms with Gasteiger partial charge < -0.3 is 21.4 Å². The molecule has 0 bridgehead atoms. The van der Waals surface area contributed by atoms with Crippen LogP contribution < -0.4 is 11.5 Å². The maximum Gasteiger partial charge on any atom is 0.404 e. The van der Waals surface area contributed by atoms with Gasteiger partial charge in [0.1, 0.15) is 12.4 Å². The van der Waals surface area contributed by atoms with E-state index in [-0.39, 0.29) is 18.9 Å². The predicted molar refractivity (Wildman–Crippen MR) is 33.6 cm³/mol. The second kappa shape index (κ2) is 4.42. The molecule has 0 spiro atoms. The van der Waals surface area contributed by atoms with Crippen LogP contribution in [0.2, 0.25) is 0 Å². The van der Waals surface area contributed by atoms with Gasteiger partial charge in [-0.1, -0.05) is 5.16 Å². The first-order chi connectivity index (χ1) is 4.66. The Hall–Kier alpha value is -1.46. The van der Waals surface area contributed by atoms with Gasteiger partial charge >= 0.3 is 6.09 Å². The largest absolute Gasteiger partial charge is 0.449 e. The quantitative estimate of drug-likeness (QED) is 0.210. The van der Waals surface area contributed by atoms with Crippen LogP contribution in [-0.4, -0.2) is 23.7 Å². The van der Waals surface area contributed by atoms with Crippen LogP contribution in [0.25, 0.3) is 0 Å². The average molecular weight is 147 g/mol. The highest BCUT2D eigenvalue weighted by atomic mass is 16.5. The lowest BCUT2D eigenvalue weighted by Crippen LogP contribution is -2.19. The highest BCUT2D eigenvalue weighted by Crippen LogP contribution is 1.81. The summed E-state index contributed by atoms with van der Waals surface area (Å²) >= 11 is 0. The summed E-state index contributed by atoms with van der Waals surface area (Å²) in [4.78, 5) is 9.93. The van der Waals surface area contributed by atoms with Crippen LogP contribution in [0.1, 0.15) is 6.42 Å². The molecule has 0 fully saturated rings. The maximum absolute atomic E-state index is 9.93. The Morgan fingerprint density at radius 2 is 2.20 bits per heavy atom. The van der Waals surface area contributed by atoms with Gasteiger partial charge in [0.15, 0.2) is 0 Å². The first-order valence-corrected chi connectivity index (χ1v) is 2.55. The fourth-order valence-corrected chi connectivity index (χ4v) is 0.306. The van der Waals surface area contributed by atoms with E-state index in [2.05, 4.69) is 15.6 Å². The molecular formula is C4H9N3O3. The number of primary amides is 1. The molecule has 0 aliphatic heterocycles. The third kappa shape index (κ3) is 4.69. The standard InChI is InChI=1S/C4H9N3O3/c5-3(7-9)1-2-10-4(6)8/h9H,1-2H2,(H2,5,7)(H2,6,8). The summed E-state index contributed by atoms with van der Waals surface area (Å²) in [5, 5.41) is 10.6. The Kier molecular flexibility index (Phi) is 3.78. The molecule has 0 unspecified atom stereocenters. The minimum Gasteiger partial charge on any atom is -0.449 e. The van der Waals surface area contributed by atoms with Crippen LogP contribution in [0, 0.1) is 0 Å². The Morgan fingerprint density at radius 1 is 1.60 bits per heavy atom. The highest BCUT2D eigenvalue weighted by molar-refractivity contribution is 5.79. The van der Waals surface area contributed by atoms with Crippen LogP contribution in [0.3, 0.4) is 0 Å². The molecule has 0 saturated heterocycles. The van der Waals surface area contributed by atoms with E-state index in [1.165, 1.54) is 0 Å². The number of hydrogen-bond donors (Lipinski definition) is 3. The summed E-state index contributed by atoms with van der Waals surface area (Å²) in [6.07, 6.45) is -0.690. The lowest BCUT2D eigenvalue weighted by atomic mass is 10.4. The Labute approximate surface area is 57.4 Å². The monoisotopic (exact) mass is 147 g/mol. The van der Waals surface area contributed by atoms with Crippen molar-refractivity contribution >= 4 is 11.9 Å². The molecule has 0 atom stereocenters. The second-order valence-corrected chi connectivity index (χ2v) is 1.51. The van der Waals surface area contributed by atoms with Crippen molar-refractivity contribution in [3.05, 3.63) is 0 Å². The molecule has 0 aromatic heterocycles. The van der Waals surface area contributed by atoms with Gasteiger partial charge in [-0.15, -0.1) is 0 Å². The third-order valence-electron chi connectivity index (χ3n) is 0.731. The fraction of sp³-hybridized carbons (Fsp3) is 0.500. The van der Waals surface area contributed by atoms with Crippen LogP contribution in [-0.2, 0) is 4.74 Å². The number of amidine groups is 1. The van der Waals surface area contributed by atoms with E-state index in [0.29, 0.717) is 0 Å². The zero-order valence-corrected chi connectivity index (χ0v) is 5.28. The molecule has 0 aromatic carbocycles. The van der Waals surface area contributed by atoms with E-state index in [1.54, 1.807) is 0 Å². The van der Waals surface area contributed by atoms with Crippen LogP contribution in [0.15, 0.2) is 5.16 Å². The summed E-state index contributed by atoms with van der Waals surface area (Å²) < 4.78 is 4.28. The van der Waals surface area contributed by atoms with Crippen molar-refractivity contribution in [2.24, 2.45) is 16.6 Å². The molecule has 0 rings (SSSR count). The average Bonchev–Trinajstić information content (AvgIpc) is 1.87. The molecule has 10 heavy (non-hydrogen) atoms. The minimum atomic E-state index is -0.870. The van der Waals surface area contributed by atoms with Crippen molar-refractivity contribution in [2.75, 3.05) is 6.61 Å². The molecule has 0 aromatic rings. The maximum atomic E-state index is 9.93. The Bertz CT molecular complexity index is 145. The normalized spacial score (nSPS) is 11.0. The number of carbonyl (C=O) groups is 1. The van der Waals surface area contributed by atoms with Crippen molar-refractivity contribution in [3.63, 3.8) is 0 Å². The zero-order valence-electron chi connectivity index (χ0n) is 5.28. The van der Waals surface area contributed by atoms with E-state index in [1.807, 2.05) is 0 Å². The molecule has 0 aliphatic rings. The number of rotatable bonds is 3. The molecule has 1 amide bonds. The highest BCUT2D eigenvalue weighted by Gasteiger charge is 1.95. The molecule has 0 radical (unpaired) electrons. The summed E-state index contributed by atoms with van der Waals surface area (Å²) in [5.74, 6) is 0.00116. The first kappa shape index (κ1) is 8.54. The van der Waals surface area contributed by atoms with Crippen molar-refractivity contribution in [3.8, 4) is 0 Å². The molecule has 0 heterocycles. The number of oxime groups is 1. The smallest absolute Gasteiger partial charge is 0.404 e. The van der Waals surface area contributed by atoms with Crippen molar-refractivity contribution in [1.29, 1.82) is 0 Å². The number of hydrogen-bond acceptors (Lipinski definition) is 4. The van der Waals surface area contributed by atoms with Gasteiger partial charge in [0.2, 0.25) is 0 Å². The van der Waals surface area contributed by atoms with E-state index >= 15 is 0 Å². The van der Waals surface area contributed by atoms with Gasteiger partial charge in [0.05, 0.1) is 0 Å². The molecule has 5 N–H and O–H groups in total. The van der Waals surface area contributed by atoms with Gasteiger partial charge in [-0.2, -0.15) is 0 Å². The van der Waals surface area contributed by atoms with Gasteiger partial charge in [0.25, 0.3) is 0 Å². The minimum absolute atomic E-state index is 0.00116. The van der Waals surface area contributed by atoms with Crippen molar-refractivity contribution in [1.82, 2.24) is 0 Å². The Morgan fingerprint density at radius 3 is 2.60 bits per heavy atom. The van der Waals surface area contributed by atoms with Crippen LogP contribution >= 0.6 is 0 Å². The van der Waals surface area contributed by atoms with Gasteiger partial charge in [-0.3, -0.25) is 0 Å². The van der Waals surface area contributed by atoms with Gasteiger partial charge in [0, 0.05) is 6.42 Å². The summed E-state index contributed by atoms with van der Waals surface area (Å²) in [6, 6.07) is 0. The third-order valence-corrected chi connectivity index (χ3v) is 0.731. The second-order valence-electron chi connectivity index (χ2n) is 1.51. The first-order valence-electron chi connectivity index (χ1n) is 2.55. The summed E-state index contributed by atoms with van der Waals surface area (Å²) in [6.45, 7) is 0.0330. The van der Waals surface area contributed by atoms with E-state index in [9.17, 15) is 4.79 Å². The fourth-order valence-electron chi connectivity index (χ4n) is 0.306. The van der Waals surface area contributed by atoms with Gasteiger partial charge in [-0.05, 0) is 0 Å². The molecule has 58 valence electrons. The van der Waals surface area contributed by atoms with Crippen LogP contribution in [0.5, 0.6) is 0 Å². The van der Waals surface area contributed by atoms with Crippen molar-refractivity contribution < 1.29 is 14.7 Å². The molecule has 6 nitrogen and oxygen atoms in total. The number of nitrogens with zero attached hydrogens (tertiary/aromatic N) is 1. The number of carbonyl (C=O) groups excluding carboxylic acids is 1. The van der Waals surface area contributed by atoms with E-state index < -0.39 is 6.09 Å². The number of ether oxygens (including phenoxy) is 1. The SMILES string of the molecule is NC(=O)OCC/C(N)=N\O. The predicted octanol–water partition coefficient (Wildman–Crippen LogP) is -0.782. The number of nitrogens with two attached hydrogens (primary N) is 2. The summed E-state index contributed by atoms with van der Waals surface area (Å²) in [7, 11) is 0. The Balaban J connectivity index is 3.29. The number of amides is 1. The van der Waals surface area contributed by atoms with E-state index in [0.717, 1.165) is 0 Å². The topological polar surface area (TPSA) is 111 Å². The summed E-state index contributed by atoms with van der Waals surface area (Å²) in [5.41, 5.74) is 9.64. The zero-order chi connectivity index (χ0) is 7.98. The van der Waals surface area contributed by atoms with Crippen molar-refractivity contribution in [2.45, 2.75) is 6.42 Å². The molecule has 0 saturated carbocycles. The molecule has 6 heteroatoms. The van der Waals surface area contributed by atoms with Gasteiger partial charge in [-0.25, -0.2) is 4.79 Å².